The van der Waals surface area contributed by atoms with Gasteiger partial charge in [-0.25, -0.2) is 0 Å². The van der Waals surface area contributed by atoms with Crippen molar-refractivity contribution in [3.05, 3.63) is 0 Å². The zero-order valence-corrected chi connectivity index (χ0v) is 13.1. The lowest BCUT2D eigenvalue weighted by Crippen LogP contribution is -2.45. The Labute approximate surface area is 123 Å². The van der Waals surface area contributed by atoms with Crippen LogP contribution in [0.4, 0.5) is 0 Å². The van der Waals surface area contributed by atoms with E-state index in [2.05, 4.69) is 34.1 Å². The van der Waals surface area contributed by atoms with Gasteiger partial charge in [0.1, 0.15) is 0 Å². The van der Waals surface area contributed by atoms with Crippen LogP contribution in [0, 0.1) is 5.92 Å². The minimum atomic E-state index is 0.206. The first-order chi connectivity index (χ1) is 9.65. The van der Waals surface area contributed by atoms with Crippen LogP contribution < -0.4 is 5.32 Å². The maximum atomic E-state index is 12.1. The van der Waals surface area contributed by atoms with Gasteiger partial charge in [-0.1, -0.05) is 0 Å². The van der Waals surface area contributed by atoms with E-state index in [1.54, 1.807) is 0 Å². The molecule has 0 aromatic rings. The number of likely N-dealkylation sites (N-methyl/N-ethyl adjacent to an activating group) is 1. The van der Waals surface area contributed by atoms with Crippen molar-refractivity contribution >= 4 is 5.91 Å². The maximum Gasteiger partial charge on any atom is 0.224 e. The molecule has 2 aliphatic rings. The molecule has 5 heteroatoms. The van der Waals surface area contributed by atoms with Gasteiger partial charge in [0.25, 0.3) is 0 Å². The van der Waals surface area contributed by atoms with Crippen molar-refractivity contribution in [3.8, 4) is 0 Å². The van der Waals surface area contributed by atoms with E-state index >= 15 is 0 Å². The van der Waals surface area contributed by atoms with E-state index in [9.17, 15) is 4.79 Å². The molecule has 0 saturated carbocycles. The molecule has 2 fully saturated rings. The normalized spacial score (nSPS) is 26.6. The number of carbonyl (C=O) groups is 1. The van der Waals surface area contributed by atoms with Crippen LogP contribution in [-0.2, 0) is 4.79 Å². The SMILES string of the molecule is CN1CCN(CCCNC(=O)[C@H]2CCCN(C)C2)CC1. The number of piperidine rings is 1. The molecule has 0 aromatic carbocycles. The summed E-state index contributed by atoms with van der Waals surface area (Å²) in [7, 11) is 4.28. The minimum absolute atomic E-state index is 0.206. The fourth-order valence-corrected chi connectivity index (χ4v) is 3.11. The molecule has 0 aromatic heterocycles. The first-order valence-electron chi connectivity index (χ1n) is 8.02. The van der Waals surface area contributed by atoms with Crippen molar-refractivity contribution in [2.45, 2.75) is 19.3 Å². The summed E-state index contributed by atoms with van der Waals surface area (Å²) in [4.78, 5) is 19.2. The third kappa shape index (κ3) is 5.04. The zero-order chi connectivity index (χ0) is 14.4. The van der Waals surface area contributed by atoms with Crippen LogP contribution in [0.25, 0.3) is 0 Å². The third-order valence-corrected chi connectivity index (χ3v) is 4.54. The molecule has 1 N–H and O–H groups in total. The van der Waals surface area contributed by atoms with E-state index in [-0.39, 0.29) is 11.8 Å². The van der Waals surface area contributed by atoms with Crippen molar-refractivity contribution < 1.29 is 4.79 Å². The molecule has 116 valence electrons. The second kappa shape index (κ2) is 7.96. The van der Waals surface area contributed by atoms with Gasteiger partial charge in [0, 0.05) is 39.3 Å². The van der Waals surface area contributed by atoms with E-state index in [0.29, 0.717) is 0 Å². The number of hydrogen-bond donors (Lipinski definition) is 1. The molecule has 2 aliphatic heterocycles. The lowest BCUT2D eigenvalue weighted by atomic mass is 9.97. The molecule has 2 rings (SSSR count). The molecule has 0 radical (unpaired) electrons. The van der Waals surface area contributed by atoms with Crippen molar-refractivity contribution in [1.82, 2.24) is 20.0 Å². The average Bonchev–Trinajstić information content (AvgIpc) is 2.45. The molecule has 5 nitrogen and oxygen atoms in total. The number of likely N-dealkylation sites (tertiary alicyclic amines) is 1. The molecule has 0 bridgehead atoms. The van der Waals surface area contributed by atoms with Crippen molar-refractivity contribution in [2.75, 3.05) is 66.5 Å². The quantitative estimate of drug-likeness (QED) is 0.725. The number of amides is 1. The Hall–Kier alpha value is -0.650. The van der Waals surface area contributed by atoms with Crippen LogP contribution in [0.5, 0.6) is 0 Å². The molecule has 0 spiro atoms. The van der Waals surface area contributed by atoms with Gasteiger partial charge in [-0.2, -0.15) is 0 Å². The highest BCUT2D eigenvalue weighted by atomic mass is 16.1. The van der Waals surface area contributed by atoms with Crippen LogP contribution >= 0.6 is 0 Å². The number of nitrogens with one attached hydrogen (secondary N) is 1. The Morgan fingerprint density at radius 3 is 2.55 bits per heavy atom. The summed E-state index contributed by atoms with van der Waals surface area (Å²) in [6.07, 6.45) is 3.27. The summed E-state index contributed by atoms with van der Waals surface area (Å²) in [5.41, 5.74) is 0. The highest BCUT2D eigenvalue weighted by Gasteiger charge is 2.23. The van der Waals surface area contributed by atoms with Crippen LogP contribution in [0.2, 0.25) is 0 Å². The molecule has 0 aliphatic carbocycles. The Balaban J connectivity index is 1.55. The number of piperazine rings is 1. The molecule has 1 amide bonds. The summed E-state index contributed by atoms with van der Waals surface area (Å²) >= 11 is 0. The number of nitrogens with zero attached hydrogens (tertiary/aromatic N) is 3. The van der Waals surface area contributed by atoms with Gasteiger partial charge >= 0.3 is 0 Å². The predicted octanol–water partition coefficient (Wildman–Crippen LogP) is 0.0819. The van der Waals surface area contributed by atoms with Gasteiger partial charge in [-0.15, -0.1) is 0 Å². The predicted molar refractivity (Wildman–Crippen MR) is 81.8 cm³/mol. The van der Waals surface area contributed by atoms with Crippen LogP contribution in [-0.4, -0.2) is 87.1 Å². The monoisotopic (exact) mass is 282 g/mol. The molecule has 2 heterocycles. The lowest BCUT2D eigenvalue weighted by Gasteiger charge is -2.32. The van der Waals surface area contributed by atoms with Gasteiger partial charge in [0.15, 0.2) is 0 Å². The van der Waals surface area contributed by atoms with E-state index in [4.69, 9.17) is 0 Å². The smallest absolute Gasteiger partial charge is 0.224 e. The first-order valence-corrected chi connectivity index (χ1v) is 8.02. The summed E-state index contributed by atoms with van der Waals surface area (Å²) in [6, 6.07) is 0. The van der Waals surface area contributed by atoms with E-state index in [1.807, 2.05) is 0 Å². The van der Waals surface area contributed by atoms with Crippen LogP contribution in [0.1, 0.15) is 19.3 Å². The highest BCUT2D eigenvalue weighted by molar-refractivity contribution is 5.78. The minimum Gasteiger partial charge on any atom is -0.356 e. The second-order valence-corrected chi connectivity index (χ2v) is 6.39. The van der Waals surface area contributed by atoms with Crippen LogP contribution in [0.3, 0.4) is 0 Å². The molecule has 2 saturated heterocycles. The molecule has 1 atom stereocenters. The summed E-state index contributed by atoms with van der Waals surface area (Å²) < 4.78 is 0. The topological polar surface area (TPSA) is 38.8 Å². The van der Waals surface area contributed by atoms with Gasteiger partial charge in [-0.3, -0.25) is 4.79 Å². The van der Waals surface area contributed by atoms with Crippen LogP contribution in [0.15, 0.2) is 0 Å². The Morgan fingerprint density at radius 2 is 1.85 bits per heavy atom. The molecular formula is C15H30N4O. The Bertz CT molecular complexity index is 302. The fourth-order valence-electron chi connectivity index (χ4n) is 3.11. The Morgan fingerprint density at radius 1 is 1.10 bits per heavy atom. The maximum absolute atomic E-state index is 12.1. The number of carbonyl (C=O) groups excluding carboxylic acids is 1. The lowest BCUT2D eigenvalue weighted by molar-refractivity contribution is -0.126. The standard InChI is InChI=1S/C15H30N4O/c1-17-9-11-19(12-10-17)8-4-6-16-15(20)14-5-3-7-18(2)13-14/h14H,3-13H2,1-2H3,(H,16,20)/t14-/m0/s1. The van der Waals surface area contributed by atoms with E-state index < -0.39 is 0 Å². The first kappa shape index (κ1) is 15.7. The second-order valence-electron chi connectivity index (χ2n) is 6.39. The molecule has 0 unspecified atom stereocenters. The number of rotatable bonds is 5. The molecular weight excluding hydrogens is 252 g/mol. The van der Waals surface area contributed by atoms with Gasteiger partial charge in [0.2, 0.25) is 5.91 Å². The van der Waals surface area contributed by atoms with E-state index in [1.165, 1.54) is 13.1 Å². The fraction of sp³-hybridized carbons (Fsp3) is 0.933. The van der Waals surface area contributed by atoms with Crippen molar-refractivity contribution in [3.63, 3.8) is 0 Å². The van der Waals surface area contributed by atoms with Gasteiger partial charge < -0.3 is 20.0 Å². The summed E-state index contributed by atoms with van der Waals surface area (Å²) in [5, 5.41) is 3.12. The highest BCUT2D eigenvalue weighted by Crippen LogP contribution is 2.14. The van der Waals surface area contributed by atoms with Gasteiger partial charge in [0.05, 0.1) is 5.92 Å². The molecule has 20 heavy (non-hydrogen) atoms. The zero-order valence-electron chi connectivity index (χ0n) is 13.1. The average molecular weight is 282 g/mol. The third-order valence-electron chi connectivity index (χ3n) is 4.54. The Kier molecular flexibility index (Phi) is 6.26. The number of hydrogen-bond acceptors (Lipinski definition) is 4. The summed E-state index contributed by atoms with van der Waals surface area (Å²) in [5.74, 6) is 0.465. The van der Waals surface area contributed by atoms with Crippen molar-refractivity contribution in [1.29, 1.82) is 0 Å². The summed E-state index contributed by atoms with van der Waals surface area (Å²) in [6.45, 7) is 8.65. The van der Waals surface area contributed by atoms with E-state index in [0.717, 1.165) is 58.5 Å². The van der Waals surface area contributed by atoms with Gasteiger partial charge in [-0.05, 0) is 46.4 Å². The van der Waals surface area contributed by atoms with Crippen molar-refractivity contribution in [2.24, 2.45) is 5.92 Å². The largest absolute Gasteiger partial charge is 0.356 e.